The summed E-state index contributed by atoms with van der Waals surface area (Å²) in [6, 6.07) is 19.4. The Bertz CT molecular complexity index is 1520. The zero-order chi connectivity index (χ0) is 29.1. The molecule has 0 radical (unpaired) electrons. The van der Waals surface area contributed by atoms with E-state index in [-0.39, 0.29) is 17.2 Å². The minimum Gasteiger partial charge on any atom is -0.544 e. The number of aromatic amines is 1. The fourth-order valence-corrected chi connectivity index (χ4v) is 6.81. The highest BCUT2D eigenvalue weighted by atomic mass is 35.5. The number of rotatable bonds is 9. The monoisotopic (exact) mass is 575 g/mol. The van der Waals surface area contributed by atoms with E-state index < -0.39 is 8.32 Å². The number of halogens is 1. The topological polar surface area (TPSA) is 83.2 Å². The number of nitrogens with one attached hydrogen (secondary N) is 3. The van der Waals surface area contributed by atoms with Crippen LogP contribution in [-0.4, -0.2) is 25.1 Å². The Labute approximate surface area is 242 Å². The Kier molecular flexibility index (Phi) is 8.76. The molecule has 0 atom stereocenters. The van der Waals surface area contributed by atoms with E-state index in [2.05, 4.69) is 56.4 Å². The van der Waals surface area contributed by atoms with E-state index >= 15 is 0 Å². The van der Waals surface area contributed by atoms with Crippen LogP contribution in [0.2, 0.25) is 24.2 Å². The highest BCUT2D eigenvalue weighted by Gasteiger charge is 2.24. The minimum absolute atomic E-state index is 0.0128. The summed E-state index contributed by atoms with van der Waals surface area (Å²) in [7, 11) is -1.96. The highest BCUT2D eigenvalue weighted by Crippen LogP contribution is 2.32. The fourth-order valence-electron chi connectivity index (χ4n) is 4.51. The molecule has 40 heavy (non-hydrogen) atoms. The van der Waals surface area contributed by atoms with Gasteiger partial charge in [-0.1, -0.05) is 70.3 Å². The van der Waals surface area contributed by atoms with E-state index in [9.17, 15) is 9.59 Å². The van der Waals surface area contributed by atoms with Gasteiger partial charge in [-0.2, -0.15) is 0 Å². The molecule has 4 rings (SSSR count). The molecule has 0 aliphatic rings. The molecule has 210 valence electrons. The van der Waals surface area contributed by atoms with Crippen molar-refractivity contribution in [3.8, 4) is 5.75 Å². The lowest BCUT2D eigenvalue weighted by molar-refractivity contribution is 0.101. The molecule has 3 N–H and O–H groups in total. The number of hydrogen-bond donors (Lipinski definition) is 3. The van der Waals surface area contributed by atoms with Crippen molar-refractivity contribution in [2.75, 3.05) is 10.6 Å². The fraction of sp³-hybridized carbons (Fsp3) is 0.312. The molecule has 3 aromatic carbocycles. The molecule has 6 nitrogen and oxygen atoms in total. The van der Waals surface area contributed by atoms with Gasteiger partial charge < -0.3 is 20.0 Å². The minimum atomic E-state index is -1.96. The van der Waals surface area contributed by atoms with Gasteiger partial charge in [0, 0.05) is 34.3 Å². The molecule has 2 amide bonds. The lowest BCUT2D eigenvalue weighted by atomic mass is 9.87. The number of carbonyl (C=O) groups is 2. The average molecular weight is 576 g/mol. The summed E-state index contributed by atoms with van der Waals surface area (Å²) in [5.41, 5.74) is 3.86. The first kappa shape index (κ1) is 29.4. The first-order valence-electron chi connectivity index (χ1n) is 13.7. The molecule has 0 aliphatic carbocycles. The van der Waals surface area contributed by atoms with Crippen LogP contribution in [0.1, 0.15) is 66.8 Å². The standard InChI is InChI=1S/C32H38ClN3O3Si/c1-7-8-17-40(5,6)39-24-14-16-27(35-31(38)22-11-15-25-26(33)20-34-28(25)18-22)29(19-24)36-30(37)21-9-12-23(13-10-21)32(2,3)4/h9-16,18-20,34H,7-8,17H2,1-6H3,(H,35,38)(H,36,37). The Morgan fingerprint density at radius 2 is 1.55 bits per heavy atom. The Hall–Kier alpha value is -3.55. The van der Waals surface area contributed by atoms with Crippen LogP contribution in [0.4, 0.5) is 11.4 Å². The van der Waals surface area contributed by atoms with Crippen molar-refractivity contribution in [1.29, 1.82) is 0 Å². The van der Waals surface area contributed by atoms with Crippen molar-refractivity contribution >= 4 is 54.0 Å². The van der Waals surface area contributed by atoms with Gasteiger partial charge in [0.15, 0.2) is 0 Å². The smallest absolute Gasteiger partial charge is 0.255 e. The summed E-state index contributed by atoms with van der Waals surface area (Å²) in [5.74, 6) is 0.105. The second-order valence-electron chi connectivity index (χ2n) is 11.8. The molecule has 0 bridgehead atoms. The zero-order valence-corrected chi connectivity index (χ0v) is 25.8. The van der Waals surface area contributed by atoms with Gasteiger partial charge >= 0.3 is 0 Å². The Morgan fingerprint density at radius 3 is 2.23 bits per heavy atom. The largest absolute Gasteiger partial charge is 0.544 e. The second kappa shape index (κ2) is 11.9. The number of benzene rings is 3. The van der Waals surface area contributed by atoms with Crippen LogP contribution in [-0.2, 0) is 5.41 Å². The molecule has 0 unspecified atom stereocenters. The Morgan fingerprint density at radius 1 is 0.900 bits per heavy atom. The SMILES string of the molecule is CCCC[Si](C)(C)Oc1ccc(NC(=O)c2ccc3c(Cl)c[nH]c3c2)c(NC(=O)c2ccc(C(C)(C)C)cc2)c1. The molecule has 4 aromatic rings. The highest BCUT2D eigenvalue weighted by molar-refractivity contribution is 6.71. The van der Waals surface area contributed by atoms with Gasteiger partial charge in [-0.25, -0.2) is 0 Å². The summed E-state index contributed by atoms with van der Waals surface area (Å²) in [6.07, 6.45) is 3.91. The number of unbranched alkanes of at least 4 members (excludes halogenated alkanes) is 1. The van der Waals surface area contributed by atoms with Gasteiger partial charge in [-0.05, 0) is 66.5 Å². The van der Waals surface area contributed by atoms with Crippen molar-refractivity contribution in [2.24, 2.45) is 0 Å². The van der Waals surface area contributed by atoms with Crippen LogP contribution >= 0.6 is 11.6 Å². The molecular formula is C32H38ClN3O3Si. The number of hydrogen-bond acceptors (Lipinski definition) is 3. The quantitative estimate of drug-likeness (QED) is 0.174. The van der Waals surface area contributed by atoms with E-state index in [1.165, 1.54) is 0 Å². The molecule has 0 fully saturated rings. The summed E-state index contributed by atoms with van der Waals surface area (Å²) in [5, 5.41) is 7.41. The number of amides is 2. The molecule has 0 saturated carbocycles. The van der Waals surface area contributed by atoms with Crippen molar-refractivity contribution in [3.63, 3.8) is 0 Å². The van der Waals surface area contributed by atoms with Crippen molar-refractivity contribution in [2.45, 2.75) is 65.1 Å². The number of carbonyl (C=O) groups excluding carboxylic acids is 2. The van der Waals surface area contributed by atoms with Gasteiger partial charge in [-0.15, -0.1) is 0 Å². The number of aromatic nitrogens is 1. The predicted octanol–water partition coefficient (Wildman–Crippen LogP) is 9.01. The molecule has 1 aromatic heterocycles. The van der Waals surface area contributed by atoms with Crippen LogP contribution in [0.15, 0.2) is 66.9 Å². The Balaban J connectivity index is 1.62. The van der Waals surface area contributed by atoms with E-state index in [1.807, 2.05) is 36.4 Å². The maximum Gasteiger partial charge on any atom is 0.255 e. The zero-order valence-electron chi connectivity index (χ0n) is 24.1. The van der Waals surface area contributed by atoms with Gasteiger partial charge in [-0.3, -0.25) is 9.59 Å². The maximum atomic E-state index is 13.3. The first-order valence-corrected chi connectivity index (χ1v) is 17.2. The van der Waals surface area contributed by atoms with Gasteiger partial charge in [0.05, 0.1) is 16.4 Å². The van der Waals surface area contributed by atoms with Gasteiger partial charge in [0.2, 0.25) is 8.32 Å². The lowest BCUT2D eigenvalue weighted by Gasteiger charge is -2.25. The molecule has 1 heterocycles. The van der Waals surface area contributed by atoms with Crippen LogP contribution < -0.4 is 15.1 Å². The van der Waals surface area contributed by atoms with Gasteiger partial charge in [0.25, 0.3) is 11.8 Å². The van der Waals surface area contributed by atoms with E-state index in [4.69, 9.17) is 16.0 Å². The third kappa shape index (κ3) is 7.14. The van der Waals surface area contributed by atoms with Crippen molar-refractivity contribution in [3.05, 3.63) is 88.6 Å². The molecular weight excluding hydrogens is 538 g/mol. The summed E-state index contributed by atoms with van der Waals surface area (Å²) < 4.78 is 6.44. The molecule has 0 aliphatic heterocycles. The van der Waals surface area contributed by atoms with Crippen molar-refractivity contribution in [1.82, 2.24) is 4.98 Å². The van der Waals surface area contributed by atoms with E-state index in [1.54, 1.807) is 30.5 Å². The predicted molar refractivity (Wildman–Crippen MR) is 169 cm³/mol. The summed E-state index contributed by atoms with van der Waals surface area (Å²) in [6.45, 7) is 13.0. The maximum absolute atomic E-state index is 13.3. The molecule has 0 saturated heterocycles. The normalized spacial score (nSPS) is 11.9. The molecule has 8 heteroatoms. The van der Waals surface area contributed by atoms with E-state index in [0.717, 1.165) is 35.4 Å². The lowest BCUT2D eigenvalue weighted by Crippen LogP contribution is -2.33. The summed E-state index contributed by atoms with van der Waals surface area (Å²) in [4.78, 5) is 29.6. The first-order chi connectivity index (χ1) is 18.9. The van der Waals surface area contributed by atoms with Gasteiger partial charge in [0.1, 0.15) is 5.75 Å². The number of H-pyrrole nitrogens is 1. The average Bonchev–Trinajstić information content (AvgIpc) is 3.28. The number of anilines is 2. The number of fused-ring (bicyclic) bond motifs is 1. The summed E-state index contributed by atoms with van der Waals surface area (Å²) >= 11 is 6.19. The second-order valence-corrected chi connectivity index (χ2v) is 16.4. The van der Waals surface area contributed by atoms with Crippen LogP contribution in [0.3, 0.4) is 0 Å². The van der Waals surface area contributed by atoms with Crippen LogP contribution in [0.5, 0.6) is 5.75 Å². The molecule has 0 spiro atoms. The van der Waals surface area contributed by atoms with Crippen molar-refractivity contribution < 1.29 is 14.0 Å². The van der Waals surface area contributed by atoms with Crippen LogP contribution in [0.25, 0.3) is 10.9 Å². The third-order valence-electron chi connectivity index (χ3n) is 6.92. The third-order valence-corrected chi connectivity index (χ3v) is 9.58. The van der Waals surface area contributed by atoms with E-state index in [0.29, 0.717) is 33.3 Å². The van der Waals surface area contributed by atoms with Crippen LogP contribution in [0, 0.1) is 0 Å².